The van der Waals surface area contributed by atoms with Gasteiger partial charge in [0.1, 0.15) is 0 Å². The van der Waals surface area contributed by atoms with E-state index in [0.29, 0.717) is 10.6 Å². The molecule has 0 aliphatic rings. The van der Waals surface area contributed by atoms with Gasteiger partial charge in [-0.2, -0.15) is 0 Å². The summed E-state index contributed by atoms with van der Waals surface area (Å²) < 4.78 is 4.01. The van der Waals surface area contributed by atoms with Crippen molar-refractivity contribution in [1.82, 2.24) is 5.32 Å². The highest BCUT2D eigenvalue weighted by Crippen LogP contribution is 2.21. The summed E-state index contributed by atoms with van der Waals surface area (Å²) in [7, 11) is 0. The summed E-state index contributed by atoms with van der Waals surface area (Å²) in [5.74, 6) is 0. The third kappa shape index (κ3) is 4.29. The molecule has 1 rings (SSSR count). The molecule has 1 atom stereocenters. The molecular weight excluding hydrogens is 248 g/mol. The quantitative estimate of drug-likeness (QED) is 0.709. The Bertz CT molecular complexity index is 425. The van der Waals surface area contributed by atoms with Gasteiger partial charge < -0.3 is 20.9 Å². The van der Waals surface area contributed by atoms with Crippen LogP contribution >= 0.6 is 11.6 Å². The van der Waals surface area contributed by atoms with E-state index in [-0.39, 0.29) is 6.54 Å². The number of nitrogens with one attached hydrogen (secondary N) is 1. The molecule has 0 unspecified atom stereocenters. The number of carbonyl (C=O) groups excluding carboxylic acids is 2. The molecule has 2 amide bonds. The number of halogens is 1. The van der Waals surface area contributed by atoms with E-state index in [9.17, 15) is 14.7 Å². The molecule has 0 aliphatic carbocycles. The summed E-state index contributed by atoms with van der Waals surface area (Å²) in [6.07, 6.45) is -3.23. The van der Waals surface area contributed by atoms with E-state index in [2.05, 4.69) is 15.8 Å². The van der Waals surface area contributed by atoms with E-state index < -0.39 is 18.3 Å². The number of benzene rings is 1. The lowest BCUT2D eigenvalue weighted by molar-refractivity contribution is 0.142. The zero-order chi connectivity index (χ0) is 12.8. The number of hydrogen-bond acceptors (Lipinski definition) is 4. The highest BCUT2D eigenvalue weighted by atomic mass is 35.5. The number of primary amides is 1. The normalized spacial score (nSPS) is 11.6. The van der Waals surface area contributed by atoms with E-state index in [4.69, 9.17) is 11.6 Å². The minimum absolute atomic E-state index is 0.143. The Morgan fingerprint density at radius 3 is 2.71 bits per heavy atom. The van der Waals surface area contributed by atoms with Crippen molar-refractivity contribution in [3.63, 3.8) is 0 Å². The Balaban J connectivity index is 2.50. The fraction of sp³-hybridized carbons (Fsp3) is 0.200. The van der Waals surface area contributed by atoms with Gasteiger partial charge in [0.2, 0.25) is 0 Å². The number of ether oxygens (including phenoxy) is 1. The van der Waals surface area contributed by atoms with Gasteiger partial charge in [0.05, 0.1) is 12.6 Å². The van der Waals surface area contributed by atoms with Crippen molar-refractivity contribution >= 4 is 23.8 Å². The number of carbonyl (C=O) groups is 2. The molecule has 7 heteroatoms. The third-order valence-electron chi connectivity index (χ3n) is 1.90. The van der Waals surface area contributed by atoms with Gasteiger partial charge in [0, 0.05) is 10.6 Å². The average molecular weight is 259 g/mol. The molecule has 92 valence electrons. The fourth-order valence-corrected chi connectivity index (χ4v) is 1.42. The summed E-state index contributed by atoms with van der Waals surface area (Å²) in [4.78, 5) is 21.1. The molecule has 4 N–H and O–H groups in total. The van der Waals surface area contributed by atoms with Crippen molar-refractivity contribution in [2.24, 2.45) is 5.73 Å². The second kappa shape index (κ2) is 6.07. The molecule has 6 nitrogen and oxygen atoms in total. The predicted molar refractivity (Wildman–Crippen MR) is 60.5 cm³/mol. The molecule has 0 heterocycles. The number of amides is 2. The lowest BCUT2D eigenvalue weighted by Crippen LogP contribution is -2.32. The standard InChI is InChI=1S/C10H11ClN2O4/c11-7-4-2-1-3-6(7)8(14)5-13-10(16)17-9(12)15/h1-4,8,14H,5H2,(H2,12,15)(H,13,16)/t8-/m0/s1. The lowest BCUT2D eigenvalue weighted by atomic mass is 10.1. The Morgan fingerprint density at radius 1 is 1.47 bits per heavy atom. The van der Waals surface area contributed by atoms with Crippen LogP contribution in [0.1, 0.15) is 11.7 Å². The molecule has 0 saturated carbocycles. The molecule has 0 radical (unpaired) electrons. The Kier molecular flexibility index (Phi) is 4.74. The van der Waals surface area contributed by atoms with Gasteiger partial charge in [0.15, 0.2) is 0 Å². The number of nitrogens with two attached hydrogens (primary N) is 1. The number of alkyl carbamates (subject to hydrolysis) is 1. The second-order valence-electron chi connectivity index (χ2n) is 3.13. The highest BCUT2D eigenvalue weighted by Gasteiger charge is 2.13. The van der Waals surface area contributed by atoms with Crippen LogP contribution in [0.3, 0.4) is 0 Å². The van der Waals surface area contributed by atoms with Crippen LogP contribution in [0, 0.1) is 0 Å². The minimum Gasteiger partial charge on any atom is -0.387 e. The number of rotatable bonds is 3. The van der Waals surface area contributed by atoms with Crippen molar-refractivity contribution in [2.75, 3.05) is 6.54 Å². The van der Waals surface area contributed by atoms with Gasteiger partial charge in [0.25, 0.3) is 0 Å². The van der Waals surface area contributed by atoms with Gasteiger partial charge >= 0.3 is 12.2 Å². The van der Waals surface area contributed by atoms with Crippen LogP contribution in [0.2, 0.25) is 5.02 Å². The summed E-state index contributed by atoms with van der Waals surface area (Å²) >= 11 is 5.84. The van der Waals surface area contributed by atoms with Crippen LogP contribution in [-0.2, 0) is 4.74 Å². The smallest absolute Gasteiger partial charge is 0.387 e. The maximum Gasteiger partial charge on any atom is 0.416 e. The van der Waals surface area contributed by atoms with E-state index in [0.717, 1.165) is 0 Å². The van der Waals surface area contributed by atoms with E-state index in [1.54, 1.807) is 24.3 Å². The molecule has 0 aliphatic heterocycles. The molecule has 17 heavy (non-hydrogen) atoms. The van der Waals surface area contributed by atoms with Crippen LogP contribution in [0.25, 0.3) is 0 Å². The molecule has 0 aromatic heterocycles. The van der Waals surface area contributed by atoms with Crippen LogP contribution in [-0.4, -0.2) is 23.8 Å². The van der Waals surface area contributed by atoms with Gasteiger partial charge in [-0.05, 0) is 6.07 Å². The maximum atomic E-state index is 10.9. The summed E-state index contributed by atoms with van der Waals surface area (Å²) in [5.41, 5.74) is 5.10. The number of hydrogen-bond donors (Lipinski definition) is 3. The van der Waals surface area contributed by atoms with Gasteiger partial charge in [-0.15, -0.1) is 0 Å². The summed E-state index contributed by atoms with van der Waals surface area (Å²) in [6.45, 7) is -0.143. The fourth-order valence-electron chi connectivity index (χ4n) is 1.16. The molecule has 0 saturated heterocycles. The van der Waals surface area contributed by atoms with Crippen LogP contribution < -0.4 is 11.1 Å². The molecule has 1 aromatic carbocycles. The largest absolute Gasteiger partial charge is 0.416 e. The van der Waals surface area contributed by atoms with Crippen LogP contribution in [0.5, 0.6) is 0 Å². The van der Waals surface area contributed by atoms with Crippen molar-refractivity contribution in [2.45, 2.75) is 6.10 Å². The maximum absolute atomic E-state index is 10.9. The van der Waals surface area contributed by atoms with Crippen molar-refractivity contribution in [3.05, 3.63) is 34.9 Å². The Hall–Kier alpha value is -1.79. The topological polar surface area (TPSA) is 102 Å². The first-order valence-electron chi connectivity index (χ1n) is 4.68. The number of aliphatic hydroxyl groups is 1. The zero-order valence-electron chi connectivity index (χ0n) is 8.72. The van der Waals surface area contributed by atoms with E-state index >= 15 is 0 Å². The predicted octanol–water partition coefficient (Wildman–Crippen LogP) is 1.18. The summed E-state index contributed by atoms with van der Waals surface area (Å²) in [6, 6.07) is 6.65. The van der Waals surface area contributed by atoms with Gasteiger partial charge in [-0.1, -0.05) is 29.8 Å². The monoisotopic (exact) mass is 258 g/mol. The van der Waals surface area contributed by atoms with E-state index in [1.165, 1.54) is 0 Å². The third-order valence-corrected chi connectivity index (χ3v) is 2.24. The molecule has 0 fully saturated rings. The Labute approximate surface area is 102 Å². The second-order valence-corrected chi connectivity index (χ2v) is 3.53. The molecule has 0 spiro atoms. The zero-order valence-corrected chi connectivity index (χ0v) is 9.48. The molecule has 1 aromatic rings. The average Bonchev–Trinajstić information content (AvgIpc) is 2.25. The van der Waals surface area contributed by atoms with E-state index in [1.807, 2.05) is 0 Å². The van der Waals surface area contributed by atoms with Gasteiger partial charge in [-0.3, -0.25) is 0 Å². The van der Waals surface area contributed by atoms with Crippen LogP contribution in [0.15, 0.2) is 24.3 Å². The van der Waals surface area contributed by atoms with Crippen molar-refractivity contribution < 1.29 is 19.4 Å². The SMILES string of the molecule is NC(=O)OC(=O)NC[C@H](O)c1ccccc1Cl. The lowest BCUT2D eigenvalue weighted by Gasteiger charge is -2.12. The molecular formula is C10H11ClN2O4. The first kappa shape index (κ1) is 13.3. The first-order chi connectivity index (χ1) is 8.00. The van der Waals surface area contributed by atoms with Crippen molar-refractivity contribution in [3.8, 4) is 0 Å². The van der Waals surface area contributed by atoms with Crippen LogP contribution in [0.4, 0.5) is 9.59 Å². The van der Waals surface area contributed by atoms with Gasteiger partial charge in [-0.25, -0.2) is 9.59 Å². The highest BCUT2D eigenvalue weighted by molar-refractivity contribution is 6.31. The minimum atomic E-state index is -1.21. The first-order valence-corrected chi connectivity index (χ1v) is 5.06. The Morgan fingerprint density at radius 2 is 2.12 bits per heavy atom. The van der Waals surface area contributed by atoms with Crippen molar-refractivity contribution in [1.29, 1.82) is 0 Å². The number of aliphatic hydroxyl groups excluding tert-OH is 1. The summed E-state index contributed by atoms with van der Waals surface area (Å²) in [5, 5.41) is 12.3. The molecule has 0 bridgehead atoms.